The fraction of sp³-hybridized carbons (Fsp3) is 0.441. The number of hydrogen-bond acceptors (Lipinski definition) is 7. The maximum atomic E-state index is 14.3. The molecule has 2 fully saturated rings. The maximum Gasteiger partial charge on any atom is 0.246 e. The molecule has 3 heterocycles. The standard InChI is InChI=1S/C34H38FN7O5S/c1-33(2,3)16-29(31(44)41-20-34(15-24(41)17-36)26-6-4-5-7-27(26)39-32(34)45)38-30(43)28(14-21-8-9-21)40-48(46,47)25-18-37-42(19-25)23-12-10-22(35)11-13-23/h4-7,10-13,18-19,21,24,28-29,40H,8-9,14-16,20H2,1-3H3,(H,38,43)(H,39,45)/t24?,28-,29-,34-/m0/s1. The van der Waals surface area contributed by atoms with Crippen LogP contribution >= 0.6 is 0 Å². The van der Waals surface area contributed by atoms with Gasteiger partial charge >= 0.3 is 0 Å². The van der Waals surface area contributed by atoms with Crippen LogP contribution in [0, 0.1) is 28.5 Å². The van der Waals surface area contributed by atoms with E-state index in [4.69, 9.17) is 0 Å². The highest BCUT2D eigenvalue weighted by molar-refractivity contribution is 7.89. The fourth-order valence-electron chi connectivity index (χ4n) is 6.60. The second kappa shape index (κ2) is 12.4. The first-order valence-corrected chi connectivity index (χ1v) is 17.4. The van der Waals surface area contributed by atoms with Crippen LogP contribution in [0.5, 0.6) is 0 Å². The van der Waals surface area contributed by atoms with Crippen LogP contribution in [0.4, 0.5) is 10.1 Å². The number of amides is 3. The number of benzene rings is 2. The van der Waals surface area contributed by atoms with Gasteiger partial charge in [0, 0.05) is 18.7 Å². The summed E-state index contributed by atoms with van der Waals surface area (Å²) in [5.41, 5.74) is 0.290. The van der Waals surface area contributed by atoms with E-state index in [1.54, 1.807) is 12.1 Å². The first-order valence-electron chi connectivity index (χ1n) is 15.9. The summed E-state index contributed by atoms with van der Waals surface area (Å²) in [4.78, 5) is 42.7. The third-order valence-corrected chi connectivity index (χ3v) is 10.6. The molecule has 4 atom stereocenters. The first kappa shape index (κ1) is 33.3. The topological polar surface area (TPSA) is 166 Å². The van der Waals surface area contributed by atoms with E-state index in [1.807, 2.05) is 32.9 Å². The number of rotatable bonds is 10. The minimum absolute atomic E-state index is 0.0282. The number of sulfonamides is 1. The van der Waals surface area contributed by atoms with Crippen LogP contribution in [0.2, 0.25) is 0 Å². The highest BCUT2D eigenvalue weighted by atomic mass is 32.2. The van der Waals surface area contributed by atoms with Crippen LogP contribution < -0.4 is 15.4 Å². The van der Waals surface area contributed by atoms with E-state index in [-0.39, 0.29) is 42.5 Å². The highest BCUT2D eigenvalue weighted by Gasteiger charge is 2.56. The molecule has 2 aromatic carbocycles. The van der Waals surface area contributed by atoms with Crippen LogP contribution in [0.25, 0.3) is 5.69 Å². The molecule has 14 heteroatoms. The van der Waals surface area contributed by atoms with E-state index in [0.717, 1.165) is 24.6 Å². The van der Waals surface area contributed by atoms with Crippen LogP contribution in [-0.2, 0) is 29.8 Å². The van der Waals surface area contributed by atoms with Gasteiger partial charge in [0.2, 0.25) is 27.7 Å². The van der Waals surface area contributed by atoms with E-state index in [2.05, 4.69) is 26.5 Å². The van der Waals surface area contributed by atoms with Crippen molar-refractivity contribution in [1.29, 1.82) is 5.26 Å². The van der Waals surface area contributed by atoms with Gasteiger partial charge in [-0.15, -0.1) is 0 Å². The highest BCUT2D eigenvalue weighted by Crippen LogP contribution is 2.46. The van der Waals surface area contributed by atoms with Crippen LogP contribution in [-0.4, -0.2) is 65.5 Å². The SMILES string of the molecule is CC(C)(C)C[C@H](NC(=O)[C@H](CC1CC1)NS(=O)(=O)c1cnn(-c2ccc(F)cc2)c1)C(=O)N1C[C@]2(CC1C#N)C(=O)Nc1ccccc12. The van der Waals surface area contributed by atoms with Gasteiger partial charge in [-0.2, -0.15) is 15.1 Å². The summed E-state index contributed by atoms with van der Waals surface area (Å²) in [6, 6.07) is 11.6. The van der Waals surface area contributed by atoms with E-state index in [1.165, 1.54) is 40.0 Å². The molecule has 12 nitrogen and oxygen atoms in total. The van der Waals surface area contributed by atoms with Crippen molar-refractivity contribution in [2.45, 2.75) is 81.3 Å². The predicted octanol–water partition coefficient (Wildman–Crippen LogP) is 3.39. The Labute approximate surface area is 278 Å². The molecule has 1 saturated carbocycles. The summed E-state index contributed by atoms with van der Waals surface area (Å²) < 4.78 is 44.2. The lowest BCUT2D eigenvalue weighted by Crippen LogP contribution is -2.56. The third kappa shape index (κ3) is 6.70. The summed E-state index contributed by atoms with van der Waals surface area (Å²) in [6.07, 6.45) is 4.67. The Kier molecular flexibility index (Phi) is 8.63. The molecule has 1 unspecified atom stereocenters. The van der Waals surface area contributed by atoms with Crippen molar-refractivity contribution in [3.8, 4) is 11.8 Å². The average molecular weight is 676 g/mol. The van der Waals surface area contributed by atoms with Crippen molar-refractivity contribution in [2.24, 2.45) is 11.3 Å². The molecule has 2 aliphatic heterocycles. The zero-order valence-corrected chi connectivity index (χ0v) is 27.8. The molecule has 48 heavy (non-hydrogen) atoms. The normalized spacial score (nSPS) is 21.8. The van der Waals surface area contributed by atoms with E-state index in [0.29, 0.717) is 11.4 Å². The summed E-state index contributed by atoms with van der Waals surface area (Å²) in [7, 11) is -4.24. The number of nitrogens with one attached hydrogen (secondary N) is 3. The monoisotopic (exact) mass is 675 g/mol. The van der Waals surface area contributed by atoms with Crippen molar-refractivity contribution in [1.82, 2.24) is 24.7 Å². The number of nitrogens with zero attached hydrogens (tertiary/aromatic N) is 4. The number of carbonyl (C=O) groups is 3. The Morgan fingerprint density at radius 3 is 2.52 bits per heavy atom. The maximum absolute atomic E-state index is 14.3. The number of nitriles is 1. The zero-order valence-electron chi connectivity index (χ0n) is 26.9. The number of hydrogen-bond donors (Lipinski definition) is 3. The molecule has 1 aromatic heterocycles. The minimum Gasteiger partial charge on any atom is -0.343 e. The Morgan fingerprint density at radius 1 is 1.15 bits per heavy atom. The number of carbonyl (C=O) groups excluding carboxylic acids is 3. The largest absolute Gasteiger partial charge is 0.343 e. The second-order valence-electron chi connectivity index (χ2n) is 14.2. The lowest BCUT2D eigenvalue weighted by molar-refractivity contribution is -0.138. The smallest absolute Gasteiger partial charge is 0.246 e. The zero-order chi connectivity index (χ0) is 34.4. The van der Waals surface area contributed by atoms with E-state index in [9.17, 15) is 32.5 Å². The van der Waals surface area contributed by atoms with Gasteiger partial charge in [-0.3, -0.25) is 14.4 Å². The van der Waals surface area contributed by atoms with Crippen LogP contribution in [0.1, 0.15) is 58.4 Å². The van der Waals surface area contributed by atoms with Gasteiger partial charge in [-0.1, -0.05) is 51.8 Å². The second-order valence-corrected chi connectivity index (χ2v) is 15.9. The molecule has 1 spiro atoms. The summed E-state index contributed by atoms with van der Waals surface area (Å²) in [6.45, 7) is 5.71. The van der Waals surface area contributed by atoms with Gasteiger partial charge in [0.05, 0.1) is 29.6 Å². The number of anilines is 1. The molecule has 252 valence electrons. The lowest BCUT2D eigenvalue weighted by Gasteiger charge is -2.32. The Morgan fingerprint density at radius 2 is 1.85 bits per heavy atom. The molecule has 1 saturated heterocycles. The van der Waals surface area contributed by atoms with Crippen molar-refractivity contribution < 1.29 is 27.2 Å². The van der Waals surface area contributed by atoms with Crippen LogP contribution in [0.3, 0.4) is 0 Å². The summed E-state index contributed by atoms with van der Waals surface area (Å²) in [5.74, 6) is -1.75. The van der Waals surface area contributed by atoms with Gasteiger partial charge in [0.25, 0.3) is 0 Å². The Bertz CT molecular complexity index is 1890. The van der Waals surface area contributed by atoms with Crippen molar-refractivity contribution >= 4 is 33.4 Å². The van der Waals surface area contributed by atoms with Gasteiger partial charge in [-0.25, -0.2) is 17.5 Å². The van der Waals surface area contributed by atoms with Gasteiger partial charge < -0.3 is 15.5 Å². The first-order chi connectivity index (χ1) is 22.7. The molecule has 3 amide bonds. The predicted molar refractivity (Wildman–Crippen MR) is 173 cm³/mol. The summed E-state index contributed by atoms with van der Waals surface area (Å²) in [5, 5.41) is 19.9. The van der Waals surface area contributed by atoms with E-state index < -0.39 is 56.6 Å². The van der Waals surface area contributed by atoms with Crippen molar-refractivity contribution in [3.05, 3.63) is 72.3 Å². The number of halogens is 1. The lowest BCUT2D eigenvalue weighted by atomic mass is 9.80. The molecule has 0 radical (unpaired) electrons. The molecule has 3 aliphatic rings. The van der Waals surface area contributed by atoms with Gasteiger partial charge in [0.1, 0.15) is 28.8 Å². The fourth-order valence-corrected chi connectivity index (χ4v) is 7.74. The molecular weight excluding hydrogens is 637 g/mol. The Balaban J connectivity index is 1.23. The number of aromatic nitrogens is 2. The minimum atomic E-state index is -4.24. The average Bonchev–Trinajstić information content (AvgIpc) is 3.43. The number of para-hydroxylation sites is 1. The molecule has 3 N–H and O–H groups in total. The number of fused-ring (bicyclic) bond motifs is 2. The molecule has 1 aliphatic carbocycles. The quantitative estimate of drug-likeness (QED) is 0.296. The van der Waals surface area contributed by atoms with Crippen molar-refractivity contribution in [3.63, 3.8) is 0 Å². The Hall–Kier alpha value is -4.61. The molecule has 3 aromatic rings. The van der Waals surface area contributed by atoms with Gasteiger partial charge in [0.15, 0.2) is 0 Å². The van der Waals surface area contributed by atoms with E-state index >= 15 is 0 Å². The molecule has 0 bridgehead atoms. The van der Waals surface area contributed by atoms with Crippen LogP contribution in [0.15, 0.2) is 65.8 Å². The molecule has 6 rings (SSSR count). The summed E-state index contributed by atoms with van der Waals surface area (Å²) >= 11 is 0. The van der Waals surface area contributed by atoms with Crippen molar-refractivity contribution in [2.75, 3.05) is 11.9 Å². The third-order valence-electron chi connectivity index (χ3n) is 9.19. The molecular formula is C34H38FN7O5S. The van der Waals surface area contributed by atoms with Gasteiger partial charge in [-0.05, 0) is 60.1 Å². The number of likely N-dealkylation sites (tertiary alicyclic amines) is 1.